The van der Waals surface area contributed by atoms with E-state index in [2.05, 4.69) is 5.32 Å². The lowest BCUT2D eigenvalue weighted by molar-refractivity contribution is -0.138. The predicted octanol–water partition coefficient (Wildman–Crippen LogP) is 2.03. The molecule has 0 bridgehead atoms. The fourth-order valence-electron chi connectivity index (χ4n) is 1.30. The minimum absolute atomic E-state index is 0.0340. The molecule has 18 heavy (non-hydrogen) atoms. The van der Waals surface area contributed by atoms with Gasteiger partial charge in [-0.05, 0) is 24.6 Å². The van der Waals surface area contributed by atoms with Crippen LogP contribution in [0, 0.1) is 12.3 Å². The number of benzene rings is 1. The molecule has 0 saturated carbocycles. The van der Waals surface area contributed by atoms with Crippen LogP contribution in [0.4, 0.5) is 23.7 Å². The van der Waals surface area contributed by atoms with Gasteiger partial charge >= 0.3 is 12.2 Å². The molecule has 1 aromatic carbocycles. The number of amides is 2. The highest BCUT2D eigenvalue weighted by molar-refractivity contribution is 6.01. The van der Waals surface area contributed by atoms with Crippen LogP contribution in [0.25, 0.3) is 0 Å². The van der Waals surface area contributed by atoms with Crippen molar-refractivity contribution in [1.29, 1.82) is 5.41 Å². The van der Waals surface area contributed by atoms with Gasteiger partial charge in [-0.3, -0.25) is 10.7 Å². The van der Waals surface area contributed by atoms with Crippen LogP contribution in [0.15, 0.2) is 18.2 Å². The number of aryl methyl sites for hydroxylation is 1. The lowest BCUT2D eigenvalue weighted by Crippen LogP contribution is -2.38. The van der Waals surface area contributed by atoms with Crippen LogP contribution in [0.5, 0.6) is 0 Å². The average Bonchev–Trinajstić information content (AvgIpc) is 2.17. The zero-order valence-corrected chi connectivity index (χ0v) is 9.35. The van der Waals surface area contributed by atoms with E-state index in [-0.39, 0.29) is 11.3 Å². The van der Waals surface area contributed by atoms with Crippen LogP contribution >= 0.6 is 0 Å². The number of hydrogen-bond donors (Lipinski definition) is 4. The fourth-order valence-corrected chi connectivity index (χ4v) is 1.30. The Hall–Kier alpha value is -2.25. The Labute approximate surface area is 101 Å². The van der Waals surface area contributed by atoms with Crippen molar-refractivity contribution >= 4 is 17.7 Å². The minimum atomic E-state index is -4.47. The molecule has 0 heterocycles. The largest absolute Gasteiger partial charge is 0.416 e. The summed E-state index contributed by atoms with van der Waals surface area (Å²) >= 11 is 0. The Balaban J connectivity index is 2.92. The van der Waals surface area contributed by atoms with E-state index in [1.54, 1.807) is 0 Å². The van der Waals surface area contributed by atoms with Crippen molar-refractivity contribution in [3.63, 3.8) is 0 Å². The molecule has 0 fully saturated rings. The highest BCUT2D eigenvalue weighted by Crippen LogP contribution is 2.33. The SMILES string of the molecule is Cc1ccc(NC(=N)NC(N)=O)cc1C(F)(F)F. The lowest BCUT2D eigenvalue weighted by atomic mass is 10.1. The molecule has 0 spiro atoms. The molecular formula is C10H11F3N4O. The molecule has 98 valence electrons. The second-order valence-corrected chi connectivity index (χ2v) is 3.52. The molecule has 0 unspecified atom stereocenters. The molecule has 0 atom stereocenters. The number of urea groups is 1. The Morgan fingerprint density at radius 1 is 1.39 bits per heavy atom. The number of guanidine groups is 1. The van der Waals surface area contributed by atoms with E-state index < -0.39 is 23.7 Å². The van der Waals surface area contributed by atoms with Crippen LogP contribution in [0.3, 0.4) is 0 Å². The summed E-state index contributed by atoms with van der Waals surface area (Å²) in [6.07, 6.45) is -4.47. The van der Waals surface area contributed by atoms with E-state index in [0.29, 0.717) is 0 Å². The van der Waals surface area contributed by atoms with Gasteiger partial charge < -0.3 is 11.1 Å². The van der Waals surface area contributed by atoms with Crippen LogP contribution < -0.4 is 16.4 Å². The minimum Gasteiger partial charge on any atom is -0.351 e. The molecule has 1 aromatic rings. The van der Waals surface area contributed by atoms with Gasteiger partial charge in [-0.1, -0.05) is 6.07 Å². The molecule has 5 nitrogen and oxygen atoms in total. The van der Waals surface area contributed by atoms with Gasteiger partial charge in [0.2, 0.25) is 5.96 Å². The number of carbonyl (C=O) groups excluding carboxylic acids is 1. The number of nitrogens with one attached hydrogen (secondary N) is 3. The van der Waals surface area contributed by atoms with Gasteiger partial charge in [0.25, 0.3) is 0 Å². The van der Waals surface area contributed by atoms with Gasteiger partial charge in [0, 0.05) is 5.69 Å². The molecule has 0 radical (unpaired) electrons. The number of anilines is 1. The van der Waals surface area contributed by atoms with Gasteiger partial charge in [0.05, 0.1) is 5.56 Å². The third-order valence-corrected chi connectivity index (χ3v) is 2.06. The third-order valence-electron chi connectivity index (χ3n) is 2.06. The summed E-state index contributed by atoms with van der Waals surface area (Å²) in [6.45, 7) is 1.33. The Morgan fingerprint density at radius 2 is 2.00 bits per heavy atom. The van der Waals surface area contributed by atoms with Crippen molar-refractivity contribution in [2.45, 2.75) is 13.1 Å². The maximum absolute atomic E-state index is 12.6. The number of primary amides is 1. The first-order valence-electron chi connectivity index (χ1n) is 4.80. The monoisotopic (exact) mass is 260 g/mol. The standard InChI is InChI=1S/C10H11F3N4O/c1-5-2-3-6(4-7(5)10(11,12)13)16-8(14)17-9(15)18/h2-4H,1H3,(H5,14,15,16,17,18). The molecule has 0 aromatic heterocycles. The van der Waals surface area contributed by atoms with E-state index in [9.17, 15) is 18.0 Å². The lowest BCUT2D eigenvalue weighted by Gasteiger charge is -2.13. The quantitative estimate of drug-likeness (QED) is 0.459. The molecule has 1 rings (SSSR count). The molecule has 0 aliphatic heterocycles. The van der Waals surface area contributed by atoms with E-state index in [1.807, 2.05) is 5.32 Å². The molecular weight excluding hydrogens is 249 g/mol. The van der Waals surface area contributed by atoms with Crippen molar-refractivity contribution in [2.75, 3.05) is 5.32 Å². The summed E-state index contributed by atoms with van der Waals surface area (Å²) in [5, 5.41) is 11.4. The van der Waals surface area contributed by atoms with E-state index >= 15 is 0 Å². The van der Waals surface area contributed by atoms with Gasteiger partial charge in [0.15, 0.2) is 0 Å². The van der Waals surface area contributed by atoms with Crippen molar-refractivity contribution < 1.29 is 18.0 Å². The zero-order chi connectivity index (χ0) is 13.9. The topological polar surface area (TPSA) is 91.0 Å². The summed E-state index contributed by atoms with van der Waals surface area (Å²) in [5.41, 5.74) is 4.06. The summed E-state index contributed by atoms with van der Waals surface area (Å²) in [6, 6.07) is 2.51. The van der Waals surface area contributed by atoms with Gasteiger partial charge in [0.1, 0.15) is 0 Å². The number of hydrogen-bond acceptors (Lipinski definition) is 2. The Bertz CT molecular complexity index is 485. The number of halogens is 3. The third kappa shape index (κ3) is 3.65. The number of carbonyl (C=O) groups is 1. The maximum Gasteiger partial charge on any atom is 0.416 e. The maximum atomic E-state index is 12.6. The van der Waals surface area contributed by atoms with E-state index in [4.69, 9.17) is 11.1 Å². The first-order chi connectivity index (χ1) is 8.20. The second kappa shape index (κ2) is 4.94. The zero-order valence-electron chi connectivity index (χ0n) is 9.35. The summed E-state index contributed by atoms with van der Waals surface area (Å²) in [5.74, 6) is -0.500. The smallest absolute Gasteiger partial charge is 0.351 e. The molecule has 0 aliphatic carbocycles. The van der Waals surface area contributed by atoms with Gasteiger partial charge in [-0.2, -0.15) is 13.2 Å². The Kier molecular flexibility index (Phi) is 3.79. The summed E-state index contributed by atoms with van der Waals surface area (Å²) in [7, 11) is 0. The average molecular weight is 260 g/mol. The fraction of sp³-hybridized carbons (Fsp3) is 0.200. The molecule has 0 aliphatic rings. The van der Waals surface area contributed by atoms with Crippen molar-refractivity contribution in [1.82, 2.24) is 5.32 Å². The highest BCUT2D eigenvalue weighted by atomic mass is 19.4. The van der Waals surface area contributed by atoms with Crippen LogP contribution in [-0.4, -0.2) is 12.0 Å². The van der Waals surface area contributed by atoms with Crippen molar-refractivity contribution in [3.05, 3.63) is 29.3 Å². The van der Waals surface area contributed by atoms with Crippen molar-refractivity contribution in [2.24, 2.45) is 5.73 Å². The van der Waals surface area contributed by atoms with Gasteiger partial charge in [-0.25, -0.2) is 4.79 Å². The molecule has 8 heteroatoms. The first-order valence-corrected chi connectivity index (χ1v) is 4.80. The Morgan fingerprint density at radius 3 is 2.50 bits per heavy atom. The molecule has 5 N–H and O–H groups in total. The normalized spacial score (nSPS) is 10.9. The van der Waals surface area contributed by atoms with Crippen molar-refractivity contribution in [3.8, 4) is 0 Å². The molecule has 2 amide bonds. The highest BCUT2D eigenvalue weighted by Gasteiger charge is 2.32. The molecule has 0 saturated heterocycles. The predicted molar refractivity (Wildman–Crippen MR) is 60.2 cm³/mol. The van der Waals surface area contributed by atoms with E-state index in [1.165, 1.54) is 19.1 Å². The van der Waals surface area contributed by atoms with Crippen LogP contribution in [0.1, 0.15) is 11.1 Å². The van der Waals surface area contributed by atoms with E-state index in [0.717, 1.165) is 6.07 Å². The van der Waals surface area contributed by atoms with Crippen LogP contribution in [-0.2, 0) is 6.18 Å². The number of nitrogens with two attached hydrogens (primary N) is 1. The first kappa shape index (κ1) is 13.8. The number of rotatable bonds is 1. The summed E-state index contributed by atoms with van der Waals surface area (Å²) < 4.78 is 37.8. The summed E-state index contributed by atoms with van der Waals surface area (Å²) in [4.78, 5) is 10.4. The van der Waals surface area contributed by atoms with Crippen LogP contribution in [0.2, 0.25) is 0 Å². The number of alkyl halides is 3. The van der Waals surface area contributed by atoms with Gasteiger partial charge in [-0.15, -0.1) is 0 Å². The second-order valence-electron chi connectivity index (χ2n) is 3.52.